The maximum atomic E-state index is 6.12. The number of halogens is 2. The van der Waals surface area contributed by atoms with E-state index in [-0.39, 0.29) is 0 Å². The Labute approximate surface area is 124 Å². The van der Waals surface area contributed by atoms with Gasteiger partial charge in [0.2, 0.25) is 0 Å². The largest absolute Gasteiger partial charge is 0.309 e. The van der Waals surface area contributed by atoms with E-state index >= 15 is 0 Å². The molecule has 0 aliphatic heterocycles. The Morgan fingerprint density at radius 3 is 2.26 bits per heavy atom. The zero-order valence-electron chi connectivity index (χ0n) is 10.9. The van der Waals surface area contributed by atoms with Crippen LogP contribution in [0.25, 0.3) is 0 Å². The first kappa shape index (κ1) is 14.4. The predicted molar refractivity (Wildman–Crippen MR) is 82.8 cm³/mol. The Kier molecular flexibility index (Phi) is 5.26. The second-order valence-electron chi connectivity index (χ2n) is 4.51. The van der Waals surface area contributed by atoms with Gasteiger partial charge in [0.05, 0.1) is 0 Å². The molecule has 0 bridgehead atoms. The molecule has 0 atom stereocenters. The lowest BCUT2D eigenvalue weighted by Crippen LogP contribution is -2.13. The lowest BCUT2D eigenvalue weighted by atomic mass is 10.1. The van der Waals surface area contributed by atoms with Crippen molar-refractivity contribution in [2.75, 3.05) is 0 Å². The summed E-state index contributed by atoms with van der Waals surface area (Å²) in [7, 11) is 0. The second-order valence-corrected chi connectivity index (χ2v) is 5.35. The van der Waals surface area contributed by atoms with E-state index in [0.717, 1.165) is 30.1 Å². The van der Waals surface area contributed by atoms with Gasteiger partial charge < -0.3 is 5.32 Å². The van der Waals surface area contributed by atoms with Crippen LogP contribution in [0.1, 0.15) is 23.6 Å². The van der Waals surface area contributed by atoms with E-state index in [2.05, 4.69) is 36.5 Å². The smallest absolute Gasteiger partial charge is 0.0451 e. The van der Waals surface area contributed by atoms with Crippen LogP contribution in [0.3, 0.4) is 0 Å². The highest BCUT2D eigenvalue weighted by molar-refractivity contribution is 6.33. The molecule has 100 valence electrons. The van der Waals surface area contributed by atoms with E-state index in [9.17, 15) is 0 Å². The summed E-state index contributed by atoms with van der Waals surface area (Å²) < 4.78 is 0. The Balaban J connectivity index is 1.90. The highest BCUT2D eigenvalue weighted by atomic mass is 35.5. The van der Waals surface area contributed by atoms with E-state index in [4.69, 9.17) is 23.2 Å². The normalized spacial score (nSPS) is 10.7. The molecule has 2 aromatic rings. The first-order valence-corrected chi connectivity index (χ1v) is 7.17. The van der Waals surface area contributed by atoms with E-state index in [0.29, 0.717) is 5.02 Å². The average molecular weight is 294 g/mol. The minimum absolute atomic E-state index is 0.716. The molecule has 0 fully saturated rings. The summed E-state index contributed by atoms with van der Waals surface area (Å²) in [5.74, 6) is 0. The summed E-state index contributed by atoms with van der Waals surface area (Å²) in [4.78, 5) is 0. The van der Waals surface area contributed by atoms with Crippen LogP contribution in [-0.2, 0) is 19.5 Å². The van der Waals surface area contributed by atoms with E-state index < -0.39 is 0 Å². The van der Waals surface area contributed by atoms with Gasteiger partial charge in [-0.15, -0.1) is 0 Å². The monoisotopic (exact) mass is 293 g/mol. The minimum atomic E-state index is 0.716. The van der Waals surface area contributed by atoms with Gasteiger partial charge >= 0.3 is 0 Å². The van der Waals surface area contributed by atoms with Crippen molar-refractivity contribution in [2.45, 2.75) is 26.4 Å². The van der Waals surface area contributed by atoms with Crippen molar-refractivity contribution in [3.63, 3.8) is 0 Å². The Hall–Kier alpha value is -1.02. The number of benzene rings is 2. The highest BCUT2D eigenvalue weighted by Crippen LogP contribution is 2.20. The molecule has 0 aromatic heterocycles. The fourth-order valence-electron chi connectivity index (χ4n) is 1.91. The van der Waals surface area contributed by atoms with E-state index in [1.807, 2.05) is 12.1 Å². The van der Waals surface area contributed by atoms with Crippen molar-refractivity contribution in [3.8, 4) is 0 Å². The quantitative estimate of drug-likeness (QED) is 0.831. The van der Waals surface area contributed by atoms with Crippen LogP contribution in [0.4, 0.5) is 0 Å². The molecule has 2 rings (SSSR count). The van der Waals surface area contributed by atoms with Crippen molar-refractivity contribution in [2.24, 2.45) is 0 Å². The summed E-state index contributed by atoms with van der Waals surface area (Å²) in [5, 5.41) is 4.84. The third-order valence-corrected chi connectivity index (χ3v) is 3.69. The maximum absolute atomic E-state index is 6.12. The molecular weight excluding hydrogens is 277 g/mol. The maximum Gasteiger partial charge on any atom is 0.0451 e. The standard InChI is InChI=1S/C16H17Cl2N/c1-2-12-3-5-13(6-4-12)10-19-11-14-9-15(17)7-8-16(14)18/h3-9,19H,2,10-11H2,1H3. The molecule has 0 spiro atoms. The molecule has 1 N–H and O–H groups in total. The van der Waals surface area contributed by atoms with Crippen LogP contribution in [-0.4, -0.2) is 0 Å². The number of aryl methyl sites for hydroxylation is 1. The molecular formula is C16H17Cl2N. The highest BCUT2D eigenvalue weighted by Gasteiger charge is 2.01. The fourth-order valence-corrected chi connectivity index (χ4v) is 2.29. The SMILES string of the molecule is CCc1ccc(CNCc2cc(Cl)ccc2Cl)cc1. The average Bonchev–Trinajstić information content (AvgIpc) is 2.43. The van der Waals surface area contributed by atoms with Gasteiger partial charge in [-0.25, -0.2) is 0 Å². The molecule has 0 amide bonds. The molecule has 0 heterocycles. The van der Waals surface area contributed by atoms with Crippen molar-refractivity contribution in [3.05, 3.63) is 69.2 Å². The summed E-state index contributed by atoms with van der Waals surface area (Å²) in [6.45, 7) is 3.70. The zero-order valence-corrected chi connectivity index (χ0v) is 12.4. The number of hydrogen-bond acceptors (Lipinski definition) is 1. The topological polar surface area (TPSA) is 12.0 Å². The Morgan fingerprint density at radius 2 is 1.58 bits per heavy atom. The molecule has 0 aliphatic rings. The van der Waals surface area contributed by atoms with Crippen LogP contribution >= 0.6 is 23.2 Å². The molecule has 19 heavy (non-hydrogen) atoms. The summed E-state index contributed by atoms with van der Waals surface area (Å²) in [5.41, 5.74) is 3.66. The molecule has 0 saturated heterocycles. The van der Waals surface area contributed by atoms with E-state index in [1.54, 1.807) is 6.07 Å². The number of nitrogens with one attached hydrogen (secondary N) is 1. The van der Waals surface area contributed by atoms with Gasteiger partial charge in [-0.2, -0.15) is 0 Å². The summed E-state index contributed by atoms with van der Waals surface area (Å²) in [6.07, 6.45) is 1.08. The fraction of sp³-hybridized carbons (Fsp3) is 0.250. The van der Waals surface area contributed by atoms with Crippen molar-refractivity contribution >= 4 is 23.2 Å². The third-order valence-electron chi connectivity index (χ3n) is 3.08. The van der Waals surface area contributed by atoms with Crippen LogP contribution in [0, 0.1) is 0 Å². The van der Waals surface area contributed by atoms with Gasteiger partial charge in [-0.05, 0) is 41.3 Å². The summed E-state index contributed by atoms with van der Waals surface area (Å²) >= 11 is 12.1. The van der Waals surface area contributed by atoms with Gasteiger partial charge in [0.15, 0.2) is 0 Å². The molecule has 0 unspecified atom stereocenters. The van der Waals surface area contributed by atoms with Crippen LogP contribution in [0.5, 0.6) is 0 Å². The lowest BCUT2D eigenvalue weighted by molar-refractivity contribution is 0.693. The van der Waals surface area contributed by atoms with Crippen LogP contribution < -0.4 is 5.32 Å². The van der Waals surface area contributed by atoms with Gasteiger partial charge in [-0.3, -0.25) is 0 Å². The molecule has 2 aromatic carbocycles. The molecule has 0 saturated carbocycles. The van der Waals surface area contributed by atoms with Crippen molar-refractivity contribution in [1.29, 1.82) is 0 Å². The van der Waals surface area contributed by atoms with Crippen molar-refractivity contribution in [1.82, 2.24) is 5.32 Å². The van der Waals surface area contributed by atoms with Crippen molar-refractivity contribution < 1.29 is 0 Å². The first-order valence-electron chi connectivity index (χ1n) is 6.41. The van der Waals surface area contributed by atoms with Gasteiger partial charge in [0, 0.05) is 23.1 Å². The predicted octanol–water partition coefficient (Wildman–Crippen LogP) is 4.85. The Morgan fingerprint density at radius 1 is 0.895 bits per heavy atom. The lowest BCUT2D eigenvalue weighted by Gasteiger charge is -2.08. The van der Waals surface area contributed by atoms with Crippen LogP contribution in [0.2, 0.25) is 10.0 Å². The number of hydrogen-bond donors (Lipinski definition) is 1. The summed E-state index contributed by atoms with van der Waals surface area (Å²) in [6, 6.07) is 14.2. The minimum Gasteiger partial charge on any atom is -0.309 e. The van der Waals surface area contributed by atoms with Gasteiger partial charge in [0.1, 0.15) is 0 Å². The Bertz CT molecular complexity index is 535. The second kappa shape index (κ2) is 6.95. The molecule has 1 nitrogen and oxygen atoms in total. The van der Waals surface area contributed by atoms with Gasteiger partial charge in [0.25, 0.3) is 0 Å². The zero-order chi connectivity index (χ0) is 13.7. The molecule has 0 aliphatic carbocycles. The van der Waals surface area contributed by atoms with Gasteiger partial charge in [-0.1, -0.05) is 54.4 Å². The van der Waals surface area contributed by atoms with E-state index in [1.165, 1.54) is 11.1 Å². The third kappa shape index (κ3) is 4.24. The molecule has 3 heteroatoms. The number of rotatable bonds is 5. The van der Waals surface area contributed by atoms with Crippen LogP contribution in [0.15, 0.2) is 42.5 Å². The first-order chi connectivity index (χ1) is 9.19. The molecule has 0 radical (unpaired) electrons.